The summed E-state index contributed by atoms with van der Waals surface area (Å²) >= 11 is 0. The van der Waals surface area contributed by atoms with Crippen LogP contribution in [0.25, 0.3) is 0 Å². The molecule has 0 unspecified atom stereocenters. The topological polar surface area (TPSA) is 70.7 Å². The number of amides is 1. The molecule has 126 valence electrons. The summed E-state index contributed by atoms with van der Waals surface area (Å²) < 4.78 is 0. The van der Waals surface area contributed by atoms with Gasteiger partial charge in [0.2, 0.25) is 5.91 Å². The smallest absolute Gasteiger partial charge is 0.241 e. The van der Waals surface area contributed by atoms with Crippen LogP contribution in [0.15, 0.2) is 59.6 Å². The van der Waals surface area contributed by atoms with Crippen molar-refractivity contribution in [3.63, 3.8) is 0 Å². The fourth-order valence-electron chi connectivity index (χ4n) is 2.10. The molecule has 5 nitrogen and oxygen atoms in total. The number of hydrogen-bond acceptors (Lipinski definition) is 3. The summed E-state index contributed by atoms with van der Waals surface area (Å²) in [6.07, 6.45) is 0.511. The van der Waals surface area contributed by atoms with Gasteiger partial charge in [-0.25, -0.2) is 4.99 Å². The van der Waals surface area contributed by atoms with Crippen LogP contribution in [0.5, 0.6) is 0 Å². The summed E-state index contributed by atoms with van der Waals surface area (Å²) in [5, 5.41) is 2.84. The van der Waals surface area contributed by atoms with Crippen LogP contribution in [0, 0.1) is 0 Å². The maximum atomic E-state index is 12.2. The van der Waals surface area contributed by atoms with Crippen molar-refractivity contribution >= 4 is 23.1 Å². The second-order valence-corrected chi connectivity index (χ2v) is 5.89. The first-order valence-electron chi connectivity index (χ1n) is 7.89. The Kier molecular flexibility index (Phi) is 6.09. The van der Waals surface area contributed by atoms with Gasteiger partial charge in [0, 0.05) is 19.8 Å². The van der Waals surface area contributed by atoms with E-state index >= 15 is 0 Å². The second-order valence-electron chi connectivity index (χ2n) is 5.89. The summed E-state index contributed by atoms with van der Waals surface area (Å²) in [5.74, 6) is 0.719. The van der Waals surface area contributed by atoms with Crippen LogP contribution in [-0.2, 0) is 11.2 Å². The number of amidine groups is 1. The molecule has 0 aliphatic carbocycles. The predicted molar refractivity (Wildman–Crippen MR) is 99.6 cm³/mol. The summed E-state index contributed by atoms with van der Waals surface area (Å²) in [4.78, 5) is 18.6. The molecule has 24 heavy (non-hydrogen) atoms. The largest absolute Gasteiger partial charge is 0.366 e. The molecule has 3 N–H and O–H groups in total. The summed E-state index contributed by atoms with van der Waals surface area (Å²) in [6.45, 7) is 1.94. The quantitative estimate of drug-likeness (QED) is 0.656. The van der Waals surface area contributed by atoms with Gasteiger partial charge in [-0.05, 0) is 43.2 Å². The molecule has 0 saturated heterocycles. The lowest BCUT2D eigenvalue weighted by Crippen LogP contribution is -2.37. The fourth-order valence-corrected chi connectivity index (χ4v) is 2.10. The van der Waals surface area contributed by atoms with Gasteiger partial charge in [0.05, 0.1) is 11.7 Å². The van der Waals surface area contributed by atoms with Crippen LogP contribution >= 0.6 is 0 Å². The number of rotatable bonds is 5. The number of anilines is 1. The highest BCUT2D eigenvalue weighted by atomic mass is 16.2. The number of aliphatic imine (C=N–C) groups is 1. The zero-order valence-corrected chi connectivity index (χ0v) is 14.4. The SMILES string of the molecule is C/C(=N\c1ccc(NC(=O)[C@@H](N)Cc2ccccc2)cc1)N(C)C. The van der Waals surface area contributed by atoms with Gasteiger partial charge in [-0.1, -0.05) is 30.3 Å². The summed E-state index contributed by atoms with van der Waals surface area (Å²) in [6, 6.07) is 16.6. The van der Waals surface area contributed by atoms with Crippen molar-refractivity contribution in [2.45, 2.75) is 19.4 Å². The summed E-state index contributed by atoms with van der Waals surface area (Å²) in [7, 11) is 3.89. The number of nitrogens with two attached hydrogens (primary N) is 1. The molecule has 2 aromatic rings. The normalized spacial score (nSPS) is 12.6. The zero-order chi connectivity index (χ0) is 17.5. The van der Waals surface area contributed by atoms with E-state index in [9.17, 15) is 4.79 Å². The van der Waals surface area contributed by atoms with Crippen LogP contribution in [-0.4, -0.2) is 36.8 Å². The highest BCUT2D eigenvalue weighted by Gasteiger charge is 2.14. The van der Waals surface area contributed by atoms with Crippen LogP contribution < -0.4 is 11.1 Å². The highest BCUT2D eigenvalue weighted by Crippen LogP contribution is 2.17. The van der Waals surface area contributed by atoms with Gasteiger partial charge in [-0.15, -0.1) is 0 Å². The van der Waals surface area contributed by atoms with Crippen LogP contribution in [0.3, 0.4) is 0 Å². The number of carbonyl (C=O) groups excluding carboxylic acids is 1. The number of hydrogen-bond donors (Lipinski definition) is 2. The second kappa shape index (κ2) is 8.26. The van der Waals surface area contributed by atoms with Gasteiger partial charge in [0.15, 0.2) is 0 Å². The minimum absolute atomic E-state index is 0.195. The maximum absolute atomic E-state index is 12.2. The molecule has 0 radical (unpaired) electrons. The van der Waals surface area contributed by atoms with E-state index in [0.29, 0.717) is 12.1 Å². The van der Waals surface area contributed by atoms with E-state index in [2.05, 4.69) is 10.3 Å². The predicted octanol–water partition coefficient (Wildman–Crippen LogP) is 2.81. The Hall–Kier alpha value is -2.66. The zero-order valence-electron chi connectivity index (χ0n) is 14.4. The van der Waals surface area contributed by atoms with E-state index in [4.69, 9.17) is 5.73 Å². The van der Waals surface area contributed by atoms with Crippen LogP contribution in [0.1, 0.15) is 12.5 Å². The van der Waals surface area contributed by atoms with E-state index in [1.165, 1.54) is 0 Å². The van der Waals surface area contributed by atoms with Crippen LogP contribution in [0.4, 0.5) is 11.4 Å². The van der Waals surface area contributed by atoms with Gasteiger partial charge in [-0.3, -0.25) is 4.79 Å². The lowest BCUT2D eigenvalue weighted by Gasteiger charge is -2.13. The Balaban J connectivity index is 1.95. The van der Waals surface area contributed by atoms with Gasteiger partial charge >= 0.3 is 0 Å². The molecule has 0 aliphatic heterocycles. The van der Waals surface area contributed by atoms with E-state index in [-0.39, 0.29) is 5.91 Å². The molecular weight excluding hydrogens is 300 g/mol. The molecule has 2 rings (SSSR count). The average Bonchev–Trinajstić information content (AvgIpc) is 2.57. The Morgan fingerprint density at radius 3 is 2.33 bits per heavy atom. The van der Waals surface area contributed by atoms with Crippen molar-refractivity contribution in [1.82, 2.24) is 4.90 Å². The number of nitrogens with one attached hydrogen (secondary N) is 1. The molecule has 2 aromatic carbocycles. The third kappa shape index (κ3) is 5.21. The molecule has 0 heterocycles. The molecule has 0 bridgehead atoms. The van der Waals surface area contributed by atoms with E-state index in [1.54, 1.807) is 0 Å². The number of nitrogens with zero attached hydrogens (tertiary/aromatic N) is 2. The molecule has 0 fully saturated rings. The van der Waals surface area contributed by atoms with E-state index in [0.717, 1.165) is 17.1 Å². The first kappa shape index (κ1) is 17.7. The highest BCUT2D eigenvalue weighted by molar-refractivity contribution is 5.95. The summed E-state index contributed by atoms with van der Waals surface area (Å²) in [5.41, 5.74) is 8.59. The molecule has 5 heteroatoms. The number of benzene rings is 2. The molecule has 0 aliphatic rings. The molecule has 0 aromatic heterocycles. The number of carbonyl (C=O) groups is 1. The standard InChI is InChI=1S/C19H24N4O/c1-14(23(2)3)21-16-9-11-17(12-10-16)22-19(24)18(20)13-15-7-5-4-6-8-15/h4-12,18H,13,20H2,1-3H3,(H,22,24)/b21-14+/t18-/m0/s1. The van der Waals surface area contributed by atoms with Crippen molar-refractivity contribution in [3.8, 4) is 0 Å². The van der Waals surface area contributed by atoms with Gasteiger partial charge in [-0.2, -0.15) is 0 Å². The Bertz CT molecular complexity index is 693. The van der Waals surface area contributed by atoms with Crippen molar-refractivity contribution in [2.24, 2.45) is 10.7 Å². The molecule has 0 spiro atoms. The van der Waals surface area contributed by atoms with E-state index < -0.39 is 6.04 Å². The Labute approximate surface area is 143 Å². The van der Waals surface area contributed by atoms with Crippen LogP contribution in [0.2, 0.25) is 0 Å². The first-order valence-corrected chi connectivity index (χ1v) is 7.89. The van der Waals surface area contributed by atoms with Gasteiger partial charge in [0.25, 0.3) is 0 Å². The fraction of sp³-hybridized carbons (Fsp3) is 0.263. The van der Waals surface area contributed by atoms with Crippen molar-refractivity contribution in [2.75, 3.05) is 19.4 Å². The third-order valence-electron chi connectivity index (χ3n) is 3.71. The Morgan fingerprint density at radius 2 is 1.75 bits per heavy atom. The van der Waals surface area contributed by atoms with Crippen molar-refractivity contribution in [1.29, 1.82) is 0 Å². The molecule has 1 amide bonds. The van der Waals surface area contributed by atoms with E-state index in [1.807, 2.05) is 80.5 Å². The minimum atomic E-state index is -0.582. The lowest BCUT2D eigenvalue weighted by atomic mass is 10.1. The first-order chi connectivity index (χ1) is 11.5. The lowest BCUT2D eigenvalue weighted by molar-refractivity contribution is -0.117. The van der Waals surface area contributed by atoms with Gasteiger partial charge < -0.3 is 16.0 Å². The molecule has 1 atom stereocenters. The van der Waals surface area contributed by atoms with Gasteiger partial charge in [0.1, 0.15) is 5.84 Å². The average molecular weight is 324 g/mol. The third-order valence-corrected chi connectivity index (χ3v) is 3.71. The molecule has 0 saturated carbocycles. The van der Waals surface area contributed by atoms with Crippen molar-refractivity contribution in [3.05, 3.63) is 60.2 Å². The minimum Gasteiger partial charge on any atom is -0.366 e. The Morgan fingerprint density at radius 1 is 1.12 bits per heavy atom. The maximum Gasteiger partial charge on any atom is 0.241 e. The molecular formula is C19H24N4O. The monoisotopic (exact) mass is 324 g/mol. The van der Waals surface area contributed by atoms with Crippen molar-refractivity contribution < 1.29 is 4.79 Å².